The predicted octanol–water partition coefficient (Wildman–Crippen LogP) is 0.950. The second-order valence-corrected chi connectivity index (χ2v) is 6.00. The third-order valence-electron chi connectivity index (χ3n) is 3.84. The van der Waals surface area contributed by atoms with E-state index in [1.807, 2.05) is 6.92 Å². The molecule has 130 valence electrons. The third kappa shape index (κ3) is 4.69. The van der Waals surface area contributed by atoms with Gasteiger partial charge in [0.1, 0.15) is 6.04 Å². The number of ether oxygens (including phenoxy) is 1. The molecule has 7 nitrogen and oxygen atoms in total. The third-order valence-corrected chi connectivity index (χ3v) is 4.07. The Morgan fingerprint density at radius 2 is 2.21 bits per heavy atom. The molecule has 1 saturated heterocycles. The summed E-state index contributed by atoms with van der Waals surface area (Å²) in [6.45, 7) is 2.78. The second-order valence-electron chi connectivity index (χ2n) is 5.56. The topological polar surface area (TPSA) is 87.7 Å². The molecule has 1 aromatic carbocycles. The van der Waals surface area contributed by atoms with Crippen molar-refractivity contribution >= 4 is 35.1 Å². The number of amides is 2. The zero-order valence-corrected chi connectivity index (χ0v) is 14.4. The van der Waals surface area contributed by atoms with E-state index in [9.17, 15) is 14.4 Å². The summed E-state index contributed by atoms with van der Waals surface area (Å²) in [4.78, 5) is 37.4. The average Bonchev–Trinajstić information content (AvgIpc) is 2.53. The number of benzene rings is 1. The molecule has 0 radical (unpaired) electrons. The molecule has 1 fully saturated rings. The predicted molar refractivity (Wildman–Crippen MR) is 89.8 cm³/mol. The van der Waals surface area contributed by atoms with E-state index in [1.54, 1.807) is 23.1 Å². The molecule has 8 heteroatoms. The van der Waals surface area contributed by atoms with Crippen molar-refractivity contribution in [2.45, 2.75) is 19.4 Å². The van der Waals surface area contributed by atoms with E-state index in [0.29, 0.717) is 23.8 Å². The maximum Gasteiger partial charge on any atom is 0.307 e. The van der Waals surface area contributed by atoms with Crippen LogP contribution < -0.4 is 10.6 Å². The summed E-state index contributed by atoms with van der Waals surface area (Å²) in [5.74, 6) is -1.02. The van der Waals surface area contributed by atoms with Crippen molar-refractivity contribution in [2.75, 3.05) is 32.1 Å². The van der Waals surface area contributed by atoms with Crippen molar-refractivity contribution in [1.82, 2.24) is 10.2 Å². The quantitative estimate of drug-likeness (QED) is 0.769. The number of hydrogen-bond acceptors (Lipinski definition) is 5. The van der Waals surface area contributed by atoms with Gasteiger partial charge in [0.2, 0.25) is 11.8 Å². The summed E-state index contributed by atoms with van der Waals surface area (Å²) in [7, 11) is 1.27. The number of esters is 1. The molecule has 1 heterocycles. The molecule has 0 spiro atoms. The van der Waals surface area contributed by atoms with Crippen LogP contribution in [0.15, 0.2) is 18.2 Å². The van der Waals surface area contributed by atoms with Gasteiger partial charge in [-0.1, -0.05) is 11.6 Å². The summed E-state index contributed by atoms with van der Waals surface area (Å²) in [5.41, 5.74) is 1.51. The van der Waals surface area contributed by atoms with Crippen LogP contribution in [0.25, 0.3) is 0 Å². The van der Waals surface area contributed by atoms with Gasteiger partial charge in [-0.3, -0.25) is 19.3 Å². The summed E-state index contributed by atoms with van der Waals surface area (Å²) >= 11 is 5.90. The zero-order valence-electron chi connectivity index (χ0n) is 13.6. The molecule has 2 amide bonds. The van der Waals surface area contributed by atoms with Crippen LogP contribution >= 0.6 is 11.6 Å². The Balaban J connectivity index is 2.02. The Hall–Kier alpha value is -2.12. The maximum absolute atomic E-state index is 12.3. The van der Waals surface area contributed by atoms with Crippen LogP contribution in [0, 0.1) is 6.92 Å². The molecule has 24 heavy (non-hydrogen) atoms. The van der Waals surface area contributed by atoms with E-state index in [1.165, 1.54) is 7.11 Å². The summed E-state index contributed by atoms with van der Waals surface area (Å²) in [6, 6.07) is 4.47. The number of methoxy groups -OCH3 is 1. The van der Waals surface area contributed by atoms with Crippen LogP contribution in [0.1, 0.15) is 12.0 Å². The maximum atomic E-state index is 12.3. The number of piperazine rings is 1. The molecular weight excluding hydrogens is 334 g/mol. The lowest BCUT2D eigenvalue weighted by Gasteiger charge is -2.33. The van der Waals surface area contributed by atoms with Crippen LogP contribution in [-0.4, -0.2) is 55.5 Å². The summed E-state index contributed by atoms with van der Waals surface area (Å²) < 4.78 is 4.62. The van der Waals surface area contributed by atoms with Crippen LogP contribution in [0.2, 0.25) is 5.02 Å². The molecule has 0 saturated carbocycles. The first-order chi connectivity index (χ1) is 11.4. The van der Waals surface area contributed by atoms with Crippen LogP contribution in [-0.2, 0) is 19.1 Å². The minimum atomic E-state index is -0.705. The fraction of sp³-hybridized carbons (Fsp3) is 0.438. The number of carbonyl (C=O) groups is 3. The van der Waals surface area contributed by atoms with Gasteiger partial charge in [-0.2, -0.15) is 0 Å². The molecule has 0 unspecified atom stereocenters. The Morgan fingerprint density at radius 1 is 1.46 bits per heavy atom. The highest BCUT2D eigenvalue weighted by Gasteiger charge is 2.33. The van der Waals surface area contributed by atoms with Gasteiger partial charge < -0.3 is 15.4 Å². The van der Waals surface area contributed by atoms with Gasteiger partial charge in [0.15, 0.2) is 0 Å². The zero-order chi connectivity index (χ0) is 17.7. The molecule has 1 atom stereocenters. The average molecular weight is 354 g/mol. The first-order valence-electron chi connectivity index (χ1n) is 7.55. The standard InChI is InChI=1S/C16H20ClN3O4/c1-10-7-11(17)3-4-12(10)19-14(21)9-20-6-5-18-16(23)13(20)8-15(22)24-2/h3-4,7,13H,5-6,8-9H2,1-2H3,(H,18,23)(H,19,21)/t13-/m0/s1. The normalized spacial score (nSPS) is 18.0. The van der Waals surface area contributed by atoms with E-state index in [0.717, 1.165) is 5.56 Å². The van der Waals surface area contributed by atoms with Crippen LogP contribution in [0.4, 0.5) is 5.69 Å². The van der Waals surface area contributed by atoms with E-state index in [-0.39, 0.29) is 24.8 Å². The number of hydrogen-bond donors (Lipinski definition) is 2. The van der Waals surface area contributed by atoms with Crippen molar-refractivity contribution in [3.8, 4) is 0 Å². The molecule has 0 bridgehead atoms. The highest BCUT2D eigenvalue weighted by molar-refractivity contribution is 6.30. The Labute approximate surface area is 145 Å². The number of nitrogens with zero attached hydrogens (tertiary/aromatic N) is 1. The first-order valence-corrected chi connectivity index (χ1v) is 7.93. The monoisotopic (exact) mass is 353 g/mol. The van der Waals surface area contributed by atoms with E-state index < -0.39 is 12.0 Å². The van der Waals surface area contributed by atoms with Gasteiger partial charge in [0.05, 0.1) is 20.1 Å². The van der Waals surface area contributed by atoms with E-state index >= 15 is 0 Å². The molecule has 1 aromatic rings. The Morgan fingerprint density at radius 3 is 2.88 bits per heavy atom. The Kier molecular flexibility index (Phi) is 6.16. The second kappa shape index (κ2) is 8.12. The molecule has 1 aliphatic rings. The SMILES string of the molecule is COC(=O)C[C@H]1C(=O)NCCN1CC(=O)Nc1ccc(Cl)cc1C. The van der Waals surface area contributed by atoms with Gasteiger partial charge in [-0.15, -0.1) is 0 Å². The number of aryl methyl sites for hydroxylation is 1. The highest BCUT2D eigenvalue weighted by Crippen LogP contribution is 2.19. The van der Waals surface area contributed by atoms with Gasteiger partial charge in [-0.05, 0) is 30.7 Å². The molecular formula is C16H20ClN3O4. The number of halogens is 1. The molecule has 2 N–H and O–H groups in total. The van der Waals surface area contributed by atoms with Crippen LogP contribution in [0.5, 0.6) is 0 Å². The van der Waals surface area contributed by atoms with Crippen molar-refractivity contribution < 1.29 is 19.1 Å². The van der Waals surface area contributed by atoms with Gasteiger partial charge in [-0.25, -0.2) is 0 Å². The summed E-state index contributed by atoms with van der Waals surface area (Å²) in [5, 5.41) is 6.09. The lowest BCUT2D eigenvalue weighted by molar-refractivity contribution is -0.146. The first kappa shape index (κ1) is 18.2. The fourth-order valence-electron chi connectivity index (χ4n) is 2.56. The number of carbonyl (C=O) groups excluding carboxylic acids is 3. The largest absolute Gasteiger partial charge is 0.469 e. The van der Waals surface area contributed by atoms with Gasteiger partial charge in [0, 0.05) is 23.8 Å². The molecule has 2 rings (SSSR count). The summed E-state index contributed by atoms with van der Waals surface area (Å²) in [6.07, 6.45) is -0.0877. The van der Waals surface area contributed by atoms with Crippen molar-refractivity contribution in [3.63, 3.8) is 0 Å². The van der Waals surface area contributed by atoms with Crippen molar-refractivity contribution in [2.24, 2.45) is 0 Å². The molecule has 0 aromatic heterocycles. The lowest BCUT2D eigenvalue weighted by Crippen LogP contribution is -2.57. The lowest BCUT2D eigenvalue weighted by atomic mass is 10.1. The van der Waals surface area contributed by atoms with Crippen molar-refractivity contribution in [3.05, 3.63) is 28.8 Å². The minimum absolute atomic E-state index is 0.0111. The Bertz CT molecular complexity index is 650. The molecule has 0 aliphatic carbocycles. The number of anilines is 1. The highest BCUT2D eigenvalue weighted by atomic mass is 35.5. The minimum Gasteiger partial charge on any atom is -0.469 e. The number of nitrogens with one attached hydrogen (secondary N) is 2. The smallest absolute Gasteiger partial charge is 0.307 e. The number of rotatable bonds is 5. The van der Waals surface area contributed by atoms with E-state index in [4.69, 9.17) is 11.6 Å². The van der Waals surface area contributed by atoms with Gasteiger partial charge in [0.25, 0.3) is 0 Å². The van der Waals surface area contributed by atoms with Crippen molar-refractivity contribution in [1.29, 1.82) is 0 Å². The fourth-order valence-corrected chi connectivity index (χ4v) is 2.78. The van der Waals surface area contributed by atoms with E-state index in [2.05, 4.69) is 15.4 Å². The van der Waals surface area contributed by atoms with Crippen LogP contribution in [0.3, 0.4) is 0 Å². The molecule has 1 aliphatic heterocycles. The van der Waals surface area contributed by atoms with Gasteiger partial charge >= 0.3 is 5.97 Å².